The molecular formula is C13H25NO3. The van der Waals surface area contributed by atoms with Gasteiger partial charge in [-0.1, -0.05) is 0 Å². The van der Waals surface area contributed by atoms with Crippen molar-refractivity contribution in [2.75, 3.05) is 26.9 Å². The molecule has 4 heteroatoms. The molecular weight excluding hydrogens is 218 g/mol. The van der Waals surface area contributed by atoms with E-state index in [-0.39, 0.29) is 5.41 Å². The predicted octanol–water partition coefficient (Wildman–Crippen LogP) is 1.06. The summed E-state index contributed by atoms with van der Waals surface area (Å²) in [5.74, 6) is 0. The number of rotatable bonds is 3. The summed E-state index contributed by atoms with van der Waals surface area (Å²) in [6, 6.07) is 0. The highest BCUT2D eigenvalue weighted by molar-refractivity contribution is 5.03. The summed E-state index contributed by atoms with van der Waals surface area (Å²) >= 11 is 0. The van der Waals surface area contributed by atoms with Gasteiger partial charge in [-0.05, 0) is 38.5 Å². The minimum absolute atomic E-state index is 0.135. The van der Waals surface area contributed by atoms with Gasteiger partial charge in [0, 0.05) is 32.3 Å². The van der Waals surface area contributed by atoms with E-state index in [1.54, 1.807) is 7.11 Å². The molecule has 0 aromatic rings. The summed E-state index contributed by atoms with van der Waals surface area (Å²) < 4.78 is 10.8. The topological polar surface area (TPSA) is 64.7 Å². The maximum Gasteiger partial charge on any atom is 0.0719 e. The lowest BCUT2D eigenvalue weighted by Gasteiger charge is -2.51. The average Bonchev–Trinajstić information content (AvgIpc) is 2.40. The van der Waals surface area contributed by atoms with E-state index in [4.69, 9.17) is 15.2 Å². The summed E-state index contributed by atoms with van der Waals surface area (Å²) in [4.78, 5) is 0. The Morgan fingerprint density at radius 3 is 2.29 bits per heavy atom. The molecule has 0 atom stereocenters. The lowest BCUT2D eigenvalue weighted by atomic mass is 9.61. The van der Waals surface area contributed by atoms with Crippen LogP contribution in [-0.4, -0.2) is 43.7 Å². The first-order chi connectivity index (χ1) is 8.16. The van der Waals surface area contributed by atoms with E-state index in [0.29, 0.717) is 12.6 Å². The molecule has 2 rings (SSSR count). The van der Waals surface area contributed by atoms with Crippen molar-refractivity contribution in [1.29, 1.82) is 0 Å². The number of nitrogens with two attached hydrogens (primary N) is 1. The van der Waals surface area contributed by atoms with Crippen molar-refractivity contribution >= 4 is 0 Å². The monoisotopic (exact) mass is 243 g/mol. The number of hydrogen-bond donors (Lipinski definition) is 2. The van der Waals surface area contributed by atoms with Gasteiger partial charge in [0.2, 0.25) is 0 Å². The van der Waals surface area contributed by atoms with Gasteiger partial charge in [0.05, 0.1) is 11.7 Å². The van der Waals surface area contributed by atoms with Crippen molar-refractivity contribution < 1.29 is 14.6 Å². The first-order valence-electron chi connectivity index (χ1n) is 6.69. The maximum atomic E-state index is 11.0. The van der Waals surface area contributed by atoms with Crippen LogP contribution in [0.5, 0.6) is 0 Å². The molecule has 1 aliphatic heterocycles. The number of methoxy groups -OCH3 is 1. The van der Waals surface area contributed by atoms with Crippen LogP contribution in [0.25, 0.3) is 0 Å². The van der Waals surface area contributed by atoms with Crippen LogP contribution in [0.1, 0.15) is 38.5 Å². The molecule has 2 aliphatic rings. The molecule has 1 heterocycles. The quantitative estimate of drug-likeness (QED) is 0.778. The lowest BCUT2D eigenvalue weighted by molar-refractivity contribution is -0.158. The second-order valence-corrected chi connectivity index (χ2v) is 5.56. The largest absolute Gasteiger partial charge is 0.389 e. The van der Waals surface area contributed by atoms with Crippen LogP contribution in [0, 0.1) is 5.41 Å². The molecule has 0 amide bonds. The Hall–Kier alpha value is -0.160. The van der Waals surface area contributed by atoms with Crippen LogP contribution >= 0.6 is 0 Å². The van der Waals surface area contributed by atoms with Crippen LogP contribution in [0.2, 0.25) is 0 Å². The maximum absolute atomic E-state index is 11.0. The average molecular weight is 243 g/mol. The van der Waals surface area contributed by atoms with E-state index in [9.17, 15) is 5.11 Å². The summed E-state index contributed by atoms with van der Waals surface area (Å²) in [5.41, 5.74) is 5.23. The third kappa shape index (κ3) is 2.36. The van der Waals surface area contributed by atoms with Crippen LogP contribution in [0.15, 0.2) is 0 Å². The van der Waals surface area contributed by atoms with E-state index in [1.807, 2.05) is 0 Å². The minimum Gasteiger partial charge on any atom is -0.389 e. The number of ether oxygens (including phenoxy) is 2. The van der Waals surface area contributed by atoms with Crippen molar-refractivity contribution in [2.24, 2.45) is 11.1 Å². The number of aliphatic hydroxyl groups is 1. The van der Waals surface area contributed by atoms with Gasteiger partial charge in [-0.3, -0.25) is 0 Å². The Morgan fingerprint density at radius 2 is 1.82 bits per heavy atom. The van der Waals surface area contributed by atoms with Gasteiger partial charge in [-0.15, -0.1) is 0 Å². The van der Waals surface area contributed by atoms with Gasteiger partial charge in [0.1, 0.15) is 0 Å². The molecule has 0 unspecified atom stereocenters. The molecule has 1 saturated heterocycles. The highest BCUT2D eigenvalue weighted by Crippen LogP contribution is 2.48. The molecule has 2 fully saturated rings. The molecule has 0 aromatic carbocycles. The SMILES string of the molecule is COC1CCC(O)(C2(CN)CCOCC2)CC1. The van der Waals surface area contributed by atoms with Crippen molar-refractivity contribution in [1.82, 2.24) is 0 Å². The van der Waals surface area contributed by atoms with Gasteiger partial charge in [-0.25, -0.2) is 0 Å². The van der Waals surface area contributed by atoms with Crippen molar-refractivity contribution in [3.63, 3.8) is 0 Å². The van der Waals surface area contributed by atoms with E-state index < -0.39 is 5.60 Å². The van der Waals surface area contributed by atoms with Crippen molar-refractivity contribution in [3.8, 4) is 0 Å². The van der Waals surface area contributed by atoms with Gasteiger partial charge in [0.25, 0.3) is 0 Å². The van der Waals surface area contributed by atoms with E-state index in [1.165, 1.54) is 0 Å². The Balaban J connectivity index is 2.08. The molecule has 0 radical (unpaired) electrons. The second kappa shape index (κ2) is 5.22. The highest BCUT2D eigenvalue weighted by atomic mass is 16.5. The summed E-state index contributed by atoms with van der Waals surface area (Å²) in [6.45, 7) is 2.02. The van der Waals surface area contributed by atoms with E-state index in [0.717, 1.165) is 51.7 Å². The summed E-state index contributed by atoms with van der Waals surface area (Å²) in [7, 11) is 1.75. The summed E-state index contributed by atoms with van der Waals surface area (Å²) in [5, 5.41) is 11.0. The molecule has 3 N–H and O–H groups in total. The lowest BCUT2D eigenvalue weighted by Crippen LogP contribution is -2.57. The third-order valence-electron chi connectivity index (χ3n) is 4.92. The Kier molecular flexibility index (Phi) is 4.08. The van der Waals surface area contributed by atoms with Crippen LogP contribution < -0.4 is 5.73 Å². The molecule has 1 aliphatic carbocycles. The smallest absolute Gasteiger partial charge is 0.0719 e. The highest BCUT2D eigenvalue weighted by Gasteiger charge is 2.51. The fourth-order valence-corrected chi connectivity index (χ4v) is 3.46. The number of hydrogen-bond acceptors (Lipinski definition) is 4. The first kappa shape index (κ1) is 13.3. The minimum atomic E-state index is -0.611. The molecule has 17 heavy (non-hydrogen) atoms. The Labute approximate surface area is 103 Å². The predicted molar refractivity (Wildman–Crippen MR) is 65.8 cm³/mol. The molecule has 0 aromatic heterocycles. The summed E-state index contributed by atoms with van der Waals surface area (Å²) in [6.07, 6.45) is 5.58. The normalized spacial score (nSPS) is 37.9. The van der Waals surface area contributed by atoms with Gasteiger partial charge in [-0.2, -0.15) is 0 Å². The molecule has 100 valence electrons. The zero-order valence-corrected chi connectivity index (χ0v) is 10.8. The molecule has 4 nitrogen and oxygen atoms in total. The van der Waals surface area contributed by atoms with Gasteiger partial charge >= 0.3 is 0 Å². The van der Waals surface area contributed by atoms with Crippen molar-refractivity contribution in [2.45, 2.75) is 50.2 Å². The third-order valence-corrected chi connectivity index (χ3v) is 4.92. The zero-order valence-electron chi connectivity index (χ0n) is 10.8. The Morgan fingerprint density at radius 1 is 1.24 bits per heavy atom. The van der Waals surface area contributed by atoms with Gasteiger partial charge < -0.3 is 20.3 Å². The van der Waals surface area contributed by atoms with Gasteiger partial charge in [0.15, 0.2) is 0 Å². The molecule has 1 saturated carbocycles. The standard InChI is InChI=1S/C13H25NO3/c1-16-11-2-4-13(15,5-3-11)12(10-14)6-8-17-9-7-12/h11,15H,2-10,14H2,1H3. The zero-order chi connectivity index (χ0) is 12.4. The molecule has 0 spiro atoms. The van der Waals surface area contributed by atoms with E-state index in [2.05, 4.69) is 0 Å². The fraction of sp³-hybridized carbons (Fsp3) is 1.00. The first-order valence-corrected chi connectivity index (χ1v) is 6.69. The van der Waals surface area contributed by atoms with Crippen LogP contribution in [0.3, 0.4) is 0 Å². The van der Waals surface area contributed by atoms with E-state index >= 15 is 0 Å². The second-order valence-electron chi connectivity index (χ2n) is 5.56. The molecule has 0 bridgehead atoms. The van der Waals surface area contributed by atoms with Crippen molar-refractivity contribution in [3.05, 3.63) is 0 Å². The fourth-order valence-electron chi connectivity index (χ4n) is 3.46. The Bertz CT molecular complexity index is 243. The van der Waals surface area contributed by atoms with Crippen LogP contribution in [-0.2, 0) is 9.47 Å². The van der Waals surface area contributed by atoms with Crippen LogP contribution in [0.4, 0.5) is 0 Å².